The topological polar surface area (TPSA) is 86.8 Å². The molecule has 0 bridgehead atoms. The Morgan fingerprint density at radius 1 is 0.906 bits per heavy atom. The maximum absolute atomic E-state index is 13.2. The number of para-hydroxylation sites is 1. The summed E-state index contributed by atoms with van der Waals surface area (Å²) in [6.45, 7) is 2.69. The van der Waals surface area contributed by atoms with E-state index in [2.05, 4.69) is 57.1 Å². The Morgan fingerprint density at radius 3 is 2.34 bits per heavy atom. The lowest BCUT2D eigenvalue weighted by molar-refractivity contribution is 0.0659. The molecule has 32 heavy (non-hydrogen) atoms. The lowest BCUT2D eigenvalue weighted by Gasteiger charge is -2.38. The lowest BCUT2D eigenvalue weighted by atomic mass is 9.98. The molecular weight excluding hydrogens is 400 g/mol. The summed E-state index contributed by atoms with van der Waals surface area (Å²) in [6, 6.07) is 24.1. The fraction of sp³-hybridized carbons (Fsp3) is 0.200. The molecule has 0 spiro atoms. The number of aromatic nitrogens is 4. The number of tetrazole rings is 1. The van der Waals surface area contributed by atoms with Crippen LogP contribution in [0.5, 0.6) is 0 Å². The van der Waals surface area contributed by atoms with Crippen molar-refractivity contribution in [3.8, 4) is 22.5 Å². The van der Waals surface area contributed by atoms with E-state index in [0.717, 1.165) is 46.3 Å². The van der Waals surface area contributed by atoms with Gasteiger partial charge in [-0.2, -0.15) is 5.21 Å². The second-order valence-electron chi connectivity index (χ2n) is 7.91. The van der Waals surface area contributed by atoms with Crippen molar-refractivity contribution in [2.75, 3.05) is 5.32 Å². The second-order valence-corrected chi connectivity index (χ2v) is 7.91. The van der Waals surface area contributed by atoms with Crippen molar-refractivity contribution in [1.29, 1.82) is 0 Å². The SMILES string of the molecule is CCCC1Nc2ccccc2C(=O)N1Cc1ccc(-c2ccccc2-c2nn[nH]n2)cc1. The van der Waals surface area contributed by atoms with Gasteiger partial charge >= 0.3 is 0 Å². The van der Waals surface area contributed by atoms with Crippen molar-refractivity contribution in [3.63, 3.8) is 0 Å². The summed E-state index contributed by atoms with van der Waals surface area (Å²) < 4.78 is 0. The van der Waals surface area contributed by atoms with E-state index in [-0.39, 0.29) is 12.1 Å². The Bertz CT molecular complexity index is 1220. The number of aromatic amines is 1. The maximum Gasteiger partial charge on any atom is 0.257 e. The first kappa shape index (κ1) is 19.9. The van der Waals surface area contributed by atoms with Gasteiger partial charge < -0.3 is 10.2 Å². The third kappa shape index (κ3) is 3.73. The molecule has 7 heteroatoms. The van der Waals surface area contributed by atoms with Crippen molar-refractivity contribution < 1.29 is 4.79 Å². The van der Waals surface area contributed by atoms with Crippen molar-refractivity contribution in [2.24, 2.45) is 0 Å². The summed E-state index contributed by atoms with van der Waals surface area (Å²) in [5.41, 5.74) is 5.75. The summed E-state index contributed by atoms with van der Waals surface area (Å²) in [5.74, 6) is 0.639. The van der Waals surface area contributed by atoms with Crippen LogP contribution in [0.3, 0.4) is 0 Å². The molecule has 2 heterocycles. The van der Waals surface area contributed by atoms with E-state index >= 15 is 0 Å². The molecule has 3 aromatic carbocycles. The quantitative estimate of drug-likeness (QED) is 0.467. The summed E-state index contributed by atoms with van der Waals surface area (Å²) >= 11 is 0. The molecule has 1 amide bonds. The fourth-order valence-corrected chi connectivity index (χ4v) is 4.22. The minimum Gasteiger partial charge on any atom is -0.364 e. The van der Waals surface area contributed by atoms with Crippen LogP contribution in [0.2, 0.25) is 0 Å². The van der Waals surface area contributed by atoms with Crippen LogP contribution in [-0.2, 0) is 6.54 Å². The smallest absolute Gasteiger partial charge is 0.257 e. The molecule has 1 aliphatic rings. The molecular formula is C25H24N6O. The van der Waals surface area contributed by atoms with Gasteiger partial charge in [0.1, 0.15) is 6.17 Å². The van der Waals surface area contributed by atoms with Crippen LogP contribution in [0.15, 0.2) is 72.8 Å². The highest BCUT2D eigenvalue weighted by Crippen LogP contribution is 2.31. The van der Waals surface area contributed by atoms with E-state index in [1.165, 1.54) is 0 Å². The van der Waals surface area contributed by atoms with Gasteiger partial charge in [-0.15, -0.1) is 10.2 Å². The van der Waals surface area contributed by atoms with E-state index in [0.29, 0.717) is 12.4 Å². The van der Waals surface area contributed by atoms with E-state index < -0.39 is 0 Å². The summed E-state index contributed by atoms with van der Waals surface area (Å²) in [6.07, 6.45) is 1.88. The first-order valence-electron chi connectivity index (χ1n) is 10.8. The highest BCUT2D eigenvalue weighted by Gasteiger charge is 2.31. The molecule has 7 nitrogen and oxygen atoms in total. The summed E-state index contributed by atoms with van der Waals surface area (Å²) in [4.78, 5) is 15.2. The van der Waals surface area contributed by atoms with E-state index in [1.807, 2.05) is 53.4 Å². The zero-order chi connectivity index (χ0) is 21.9. The van der Waals surface area contributed by atoms with Crippen LogP contribution in [-0.4, -0.2) is 37.6 Å². The summed E-state index contributed by atoms with van der Waals surface area (Å²) in [7, 11) is 0. The number of nitrogens with one attached hydrogen (secondary N) is 2. The number of carbonyl (C=O) groups is 1. The Labute approximate surface area is 186 Å². The number of carbonyl (C=O) groups excluding carboxylic acids is 1. The van der Waals surface area contributed by atoms with Gasteiger partial charge in [0.25, 0.3) is 5.91 Å². The first-order chi connectivity index (χ1) is 15.7. The van der Waals surface area contributed by atoms with Crippen molar-refractivity contribution in [1.82, 2.24) is 25.5 Å². The van der Waals surface area contributed by atoms with Crippen molar-refractivity contribution in [3.05, 3.63) is 83.9 Å². The average molecular weight is 425 g/mol. The van der Waals surface area contributed by atoms with Crippen molar-refractivity contribution in [2.45, 2.75) is 32.5 Å². The zero-order valence-electron chi connectivity index (χ0n) is 17.8. The van der Waals surface area contributed by atoms with Gasteiger partial charge in [0.05, 0.1) is 5.56 Å². The van der Waals surface area contributed by atoms with Crippen molar-refractivity contribution >= 4 is 11.6 Å². The van der Waals surface area contributed by atoms with Gasteiger partial charge in [-0.3, -0.25) is 4.79 Å². The number of benzene rings is 3. The predicted octanol–water partition coefficient (Wildman–Crippen LogP) is 4.73. The molecule has 4 aromatic rings. The van der Waals surface area contributed by atoms with Gasteiger partial charge in [0.15, 0.2) is 0 Å². The third-order valence-electron chi connectivity index (χ3n) is 5.81. The number of rotatable bonds is 6. The van der Waals surface area contributed by atoms with Gasteiger partial charge in [0.2, 0.25) is 5.82 Å². The van der Waals surface area contributed by atoms with Crippen LogP contribution in [0.4, 0.5) is 5.69 Å². The van der Waals surface area contributed by atoms with Gasteiger partial charge in [-0.1, -0.05) is 74.0 Å². The number of H-pyrrole nitrogens is 1. The maximum atomic E-state index is 13.2. The van der Waals surface area contributed by atoms with Crippen LogP contribution in [0.1, 0.15) is 35.7 Å². The lowest BCUT2D eigenvalue weighted by Crippen LogP contribution is -2.48. The molecule has 2 N–H and O–H groups in total. The molecule has 160 valence electrons. The zero-order valence-corrected chi connectivity index (χ0v) is 17.8. The van der Waals surface area contributed by atoms with Gasteiger partial charge in [0, 0.05) is 17.8 Å². The Morgan fingerprint density at radius 2 is 1.62 bits per heavy atom. The minimum atomic E-state index is -0.0129. The summed E-state index contributed by atoms with van der Waals surface area (Å²) in [5, 5.41) is 18.0. The highest BCUT2D eigenvalue weighted by atomic mass is 16.2. The average Bonchev–Trinajstić information content (AvgIpc) is 3.37. The molecule has 0 aliphatic carbocycles. The fourth-order valence-electron chi connectivity index (χ4n) is 4.22. The van der Waals surface area contributed by atoms with Gasteiger partial charge in [-0.05, 0) is 40.5 Å². The predicted molar refractivity (Wildman–Crippen MR) is 124 cm³/mol. The molecule has 0 saturated carbocycles. The normalized spacial score (nSPS) is 15.3. The molecule has 0 fully saturated rings. The molecule has 5 rings (SSSR count). The molecule has 1 aliphatic heterocycles. The minimum absolute atomic E-state index is 0.0129. The third-order valence-corrected chi connectivity index (χ3v) is 5.81. The monoisotopic (exact) mass is 424 g/mol. The van der Waals surface area contributed by atoms with E-state index in [1.54, 1.807) is 0 Å². The molecule has 1 atom stereocenters. The number of nitrogens with zero attached hydrogens (tertiary/aromatic N) is 4. The van der Waals surface area contributed by atoms with Crippen LogP contribution in [0, 0.1) is 0 Å². The van der Waals surface area contributed by atoms with E-state index in [9.17, 15) is 4.79 Å². The molecule has 1 unspecified atom stereocenters. The standard InChI is InChI=1S/C25H24N6O/c1-2-7-23-26-22-11-6-5-10-21(22)25(32)31(23)16-17-12-14-18(15-13-17)19-8-3-4-9-20(19)24-27-29-30-28-24/h3-6,8-15,23,26H,2,7,16H2,1H3,(H,27,28,29,30). The number of anilines is 1. The number of hydrogen-bond acceptors (Lipinski definition) is 5. The molecule has 1 aromatic heterocycles. The molecule has 0 radical (unpaired) electrons. The van der Waals surface area contributed by atoms with Crippen LogP contribution in [0.25, 0.3) is 22.5 Å². The van der Waals surface area contributed by atoms with Gasteiger partial charge in [-0.25, -0.2) is 0 Å². The molecule has 0 saturated heterocycles. The Balaban J connectivity index is 1.41. The van der Waals surface area contributed by atoms with Crippen LogP contribution < -0.4 is 5.32 Å². The highest BCUT2D eigenvalue weighted by molar-refractivity contribution is 6.01. The number of amides is 1. The Hall–Kier alpha value is -4.00. The van der Waals surface area contributed by atoms with E-state index in [4.69, 9.17) is 0 Å². The first-order valence-corrected chi connectivity index (χ1v) is 10.8. The Kier molecular flexibility index (Phi) is 5.37. The second kappa shape index (κ2) is 8.63. The number of hydrogen-bond donors (Lipinski definition) is 2. The number of fused-ring (bicyclic) bond motifs is 1. The largest absolute Gasteiger partial charge is 0.364 e. The van der Waals surface area contributed by atoms with Crippen LogP contribution >= 0.6 is 0 Å².